The van der Waals surface area contributed by atoms with Crippen molar-refractivity contribution in [3.63, 3.8) is 0 Å². The monoisotopic (exact) mass is 279 g/mol. The van der Waals surface area contributed by atoms with E-state index in [1.807, 2.05) is 20.8 Å². The maximum Gasteiger partial charge on any atom is 0.501 e. The summed E-state index contributed by atoms with van der Waals surface area (Å²) in [5, 5.41) is 10.3. The quantitative estimate of drug-likeness (QED) is 0.465. The molecule has 0 aliphatic carbocycles. The molecule has 110 valence electrons. The molecule has 0 saturated carbocycles. The topological polar surface area (TPSA) is 51.2 Å². The minimum Gasteiger partial charge on any atom is -0.374 e. The van der Waals surface area contributed by atoms with Gasteiger partial charge in [-0.25, -0.2) is 0 Å². The molecule has 0 aromatic carbocycles. The third kappa shape index (κ3) is 7.45. The highest BCUT2D eigenvalue weighted by Gasteiger charge is 2.41. The van der Waals surface area contributed by atoms with E-state index in [1.54, 1.807) is 7.05 Å². The average molecular weight is 279 g/mol. The van der Waals surface area contributed by atoms with Gasteiger partial charge in [0.25, 0.3) is 0 Å². The van der Waals surface area contributed by atoms with Gasteiger partial charge < -0.3 is 18.5 Å². The van der Waals surface area contributed by atoms with Crippen molar-refractivity contribution in [2.24, 2.45) is 0 Å². The number of rotatable bonds is 11. The van der Waals surface area contributed by atoms with Crippen LogP contribution in [0.15, 0.2) is 0 Å². The van der Waals surface area contributed by atoms with Crippen LogP contribution in [0, 0.1) is 0 Å². The summed E-state index contributed by atoms with van der Waals surface area (Å²) >= 11 is 0. The second kappa shape index (κ2) is 9.88. The molecule has 0 spiro atoms. The third-order valence-corrected chi connectivity index (χ3v) is 5.83. The minimum atomic E-state index is -2.58. The zero-order valence-corrected chi connectivity index (χ0v) is 13.4. The van der Waals surface area contributed by atoms with Crippen LogP contribution in [0.1, 0.15) is 40.5 Å². The van der Waals surface area contributed by atoms with E-state index in [1.165, 1.54) is 5.06 Å². The lowest BCUT2D eigenvalue weighted by Crippen LogP contribution is -2.48. The van der Waals surface area contributed by atoms with Gasteiger partial charge in [0.15, 0.2) is 0 Å². The summed E-state index contributed by atoms with van der Waals surface area (Å²) in [6.07, 6.45) is 1.88. The lowest BCUT2D eigenvalue weighted by molar-refractivity contribution is -0.0654. The van der Waals surface area contributed by atoms with Gasteiger partial charge in [-0.1, -0.05) is 6.92 Å². The van der Waals surface area contributed by atoms with Crippen LogP contribution in [0.2, 0.25) is 6.04 Å². The zero-order valence-electron chi connectivity index (χ0n) is 12.4. The van der Waals surface area contributed by atoms with E-state index >= 15 is 0 Å². The van der Waals surface area contributed by atoms with E-state index in [0.29, 0.717) is 19.8 Å². The first-order valence-corrected chi connectivity index (χ1v) is 8.78. The molecule has 5 nitrogen and oxygen atoms in total. The fourth-order valence-corrected chi connectivity index (χ4v) is 4.54. The Morgan fingerprint density at radius 1 is 1.17 bits per heavy atom. The largest absolute Gasteiger partial charge is 0.501 e. The first-order chi connectivity index (χ1) is 8.49. The lowest BCUT2D eigenvalue weighted by Gasteiger charge is -2.31. The number of hydroxylamine groups is 2. The molecule has 0 bridgehead atoms. The smallest absolute Gasteiger partial charge is 0.374 e. The summed E-state index contributed by atoms with van der Waals surface area (Å²) in [6, 6.07) is 0.740. The highest BCUT2D eigenvalue weighted by Crippen LogP contribution is 2.21. The van der Waals surface area contributed by atoms with Crippen molar-refractivity contribution in [3.05, 3.63) is 0 Å². The molecule has 0 saturated heterocycles. The van der Waals surface area contributed by atoms with Crippen LogP contribution in [0.5, 0.6) is 0 Å². The molecule has 0 aromatic heterocycles. The molecular weight excluding hydrogens is 250 g/mol. The molecule has 0 radical (unpaired) electrons. The van der Waals surface area contributed by atoms with Crippen molar-refractivity contribution in [2.45, 2.75) is 52.7 Å². The number of nitrogens with zero attached hydrogens (tertiary/aromatic N) is 1. The molecule has 6 heteroatoms. The number of hydrogen-bond acceptors (Lipinski definition) is 5. The Kier molecular flexibility index (Phi) is 9.89. The minimum absolute atomic E-state index is 0.140. The van der Waals surface area contributed by atoms with E-state index in [2.05, 4.69) is 6.92 Å². The van der Waals surface area contributed by atoms with Crippen molar-refractivity contribution >= 4 is 8.80 Å². The maximum atomic E-state index is 9.16. The van der Waals surface area contributed by atoms with Crippen molar-refractivity contribution < 1.29 is 18.5 Å². The first kappa shape index (κ1) is 18.0. The Labute approximate surface area is 112 Å². The molecule has 1 N–H and O–H groups in total. The Bertz CT molecular complexity index is 199. The van der Waals surface area contributed by atoms with Crippen LogP contribution in [0.3, 0.4) is 0 Å². The fourth-order valence-electron chi connectivity index (χ4n) is 1.67. The van der Waals surface area contributed by atoms with Crippen LogP contribution >= 0.6 is 0 Å². The van der Waals surface area contributed by atoms with Crippen molar-refractivity contribution in [3.8, 4) is 0 Å². The highest BCUT2D eigenvalue weighted by atomic mass is 28.4. The van der Waals surface area contributed by atoms with E-state index in [4.69, 9.17) is 18.5 Å². The van der Waals surface area contributed by atoms with Crippen LogP contribution in [0.25, 0.3) is 0 Å². The van der Waals surface area contributed by atoms with Gasteiger partial charge in [0.2, 0.25) is 0 Å². The molecule has 1 unspecified atom stereocenters. The lowest BCUT2D eigenvalue weighted by atomic mass is 10.3. The van der Waals surface area contributed by atoms with Gasteiger partial charge in [0, 0.05) is 39.0 Å². The molecule has 0 aromatic rings. The van der Waals surface area contributed by atoms with E-state index in [9.17, 15) is 0 Å². The van der Waals surface area contributed by atoms with Crippen molar-refractivity contribution in [2.75, 3.05) is 26.8 Å². The Hall–Kier alpha value is 0.0169. The van der Waals surface area contributed by atoms with Gasteiger partial charge in [0.05, 0.1) is 0 Å². The first-order valence-electron chi connectivity index (χ1n) is 6.85. The average Bonchev–Trinajstić information content (AvgIpc) is 2.29. The highest BCUT2D eigenvalue weighted by molar-refractivity contribution is 6.60. The Balaban J connectivity index is 4.51. The second-order valence-corrected chi connectivity index (χ2v) is 7.05. The standard InChI is InChI=1S/C12H29NO4Si/c1-6-12(4)17-18(15-7-2,16-8-3)11-9-10-13(5)14/h12,14H,6-11H2,1-5H3. The molecule has 1 atom stereocenters. The van der Waals surface area contributed by atoms with E-state index < -0.39 is 8.80 Å². The van der Waals surface area contributed by atoms with Crippen LogP contribution in [0.4, 0.5) is 0 Å². The van der Waals surface area contributed by atoms with Gasteiger partial charge in [-0.15, -0.1) is 0 Å². The summed E-state index contributed by atoms with van der Waals surface area (Å²) in [6.45, 7) is 9.83. The van der Waals surface area contributed by atoms with Crippen LogP contribution < -0.4 is 0 Å². The van der Waals surface area contributed by atoms with Gasteiger partial charge in [0.1, 0.15) is 0 Å². The van der Waals surface area contributed by atoms with Crippen molar-refractivity contribution in [1.82, 2.24) is 5.06 Å². The zero-order chi connectivity index (χ0) is 14.0. The summed E-state index contributed by atoms with van der Waals surface area (Å²) in [4.78, 5) is 0. The Morgan fingerprint density at radius 3 is 2.11 bits per heavy atom. The molecular formula is C12H29NO4Si. The number of hydrogen-bond donors (Lipinski definition) is 1. The third-order valence-electron chi connectivity index (χ3n) is 2.65. The van der Waals surface area contributed by atoms with Crippen molar-refractivity contribution in [1.29, 1.82) is 0 Å². The predicted molar refractivity (Wildman–Crippen MR) is 73.7 cm³/mol. The van der Waals surface area contributed by atoms with Crippen LogP contribution in [-0.4, -0.2) is 52.0 Å². The van der Waals surface area contributed by atoms with E-state index in [0.717, 1.165) is 18.9 Å². The molecule has 0 fully saturated rings. The predicted octanol–water partition coefficient (Wildman–Crippen LogP) is 2.52. The second-order valence-electron chi connectivity index (χ2n) is 4.37. The van der Waals surface area contributed by atoms with Gasteiger partial charge >= 0.3 is 8.80 Å². The van der Waals surface area contributed by atoms with Crippen LogP contribution in [-0.2, 0) is 13.3 Å². The van der Waals surface area contributed by atoms with E-state index in [-0.39, 0.29) is 6.10 Å². The van der Waals surface area contributed by atoms with Gasteiger partial charge in [-0.05, 0) is 33.6 Å². The Morgan fingerprint density at radius 2 is 1.72 bits per heavy atom. The summed E-state index contributed by atoms with van der Waals surface area (Å²) in [7, 11) is -0.945. The SMILES string of the molecule is CCO[Si](CCCN(C)O)(OCC)OC(C)CC. The molecule has 0 aliphatic rings. The fraction of sp³-hybridized carbons (Fsp3) is 1.00. The molecule has 0 aliphatic heterocycles. The molecule has 0 amide bonds. The molecule has 18 heavy (non-hydrogen) atoms. The maximum absolute atomic E-state index is 9.16. The van der Waals surface area contributed by atoms with Gasteiger partial charge in [-0.2, -0.15) is 5.06 Å². The summed E-state index contributed by atoms with van der Waals surface area (Å²) in [5.74, 6) is 0. The summed E-state index contributed by atoms with van der Waals surface area (Å²) in [5.41, 5.74) is 0. The normalized spacial score (nSPS) is 14.2. The summed E-state index contributed by atoms with van der Waals surface area (Å²) < 4.78 is 17.7. The molecule has 0 rings (SSSR count). The van der Waals surface area contributed by atoms with Gasteiger partial charge in [-0.3, -0.25) is 0 Å². The molecule has 0 heterocycles.